The van der Waals surface area contributed by atoms with Crippen molar-refractivity contribution < 1.29 is 17.0 Å². The van der Waals surface area contributed by atoms with Gasteiger partial charge in [0.05, 0.1) is 0 Å². The second-order valence-electron chi connectivity index (χ2n) is 0. The first-order valence-electron chi connectivity index (χ1n) is 0.500. The first-order chi connectivity index (χ1) is 1.00. The minimum absolute atomic E-state index is 0. The van der Waals surface area contributed by atoms with E-state index in [-0.39, 0.29) is 23.1 Å². The van der Waals surface area contributed by atoms with E-state index in [4.69, 9.17) is 0 Å². The average molecular weight is 232 g/mol. The summed E-state index contributed by atoms with van der Waals surface area (Å²) in [6, 6.07) is 0. The Morgan fingerprint density at radius 1 is 1.25 bits per heavy atom. The number of halogens is 1. The molecule has 0 aliphatic carbocycles. The van der Waals surface area contributed by atoms with E-state index in [2.05, 4.69) is 4.94 Å². The third kappa shape index (κ3) is 10.6. The summed E-state index contributed by atoms with van der Waals surface area (Å²) in [5.74, 6) is 0. The Morgan fingerprint density at radius 2 is 1.25 bits per heavy atom. The molecular formula is CH7BrNSn. The molecule has 0 saturated heterocycles. The number of rotatable bonds is 0. The molecule has 1 nitrogen and oxygen atoms in total. The van der Waals surface area contributed by atoms with E-state index in [0.717, 1.165) is 0 Å². The molecule has 0 spiro atoms. The van der Waals surface area contributed by atoms with Crippen molar-refractivity contribution in [3.8, 4) is 0 Å². The maximum absolute atomic E-state index is 2.09. The fraction of sp³-hybridized carbons (Fsp3) is 1.00. The van der Waals surface area contributed by atoms with Gasteiger partial charge in [-0.15, -0.1) is 0 Å². The number of hydrogen-bond donors (Lipinski definition) is 1. The molecule has 0 aliphatic heterocycles. The van der Waals surface area contributed by atoms with E-state index in [1.54, 1.807) is 22.5 Å². The molecule has 4 N–H and O–H groups in total. The van der Waals surface area contributed by atoms with Crippen LogP contribution in [0, 0.1) is 0 Å². The third-order valence-electron chi connectivity index (χ3n) is 0. The van der Waals surface area contributed by atoms with Crippen LogP contribution in [-0.2, 0) is 0 Å². The normalized spacial score (nSPS) is 1.50. The van der Waals surface area contributed by atoms with Gasteiger partial charge in [-0.1, -0.05) is 0 Å². The molecule has 0 unspecified atom stereocenters. The summed E-state index contributed by atoms with van der Waals surface area (Å²) in [5, 5.41) is 0. The summed E-state index contributed by atoms with van der Waals surface area (Å²) in [6.45, 7) is 0. The summed E-state index contributed by atoms with van der Waals surface area (Å²) in [5.41, 5.74) is 0. The maximum Gasteiger partial charge on any atom is -0.369 e. The molecule has 0 aromatic carbocycles. The second kappa shape index (κ2) is 29.0. The van der Waals surface area contributed by atoms with Crippen LogP contribution in [-0.4, -0.2) is 22.5 Å². The van der Waals surface area contributed by atoms with Gasteiger partial charge < -0.3 is 23.1 Å². The van der Waals surface area contributed by atoms with Gasteiger partial charge in [0.1, 0.15) is 0 Å². The summed E-state index contributed by atoms with van der Waals surface area (Å²) in [4.78, 5) is 2.09. The van der Waals surface area contributed by atoms with Crippen LogP contribution in [0.3, 0.4) is 0 Å². The summed E-state index contributed by atoms with van der Waals surface area (Å²) >= 11 is 1.55. The van der Waals surface area contributed by atoms with Crippen LogP contribution in [0.15, 0.2) is 0 Å². The predicted molar refractivity (Wildman–Crippen MR) is 17.6 cm³/mol. The quantitative estimate of drug-likeness (QED) is 0.451. The van der Waals surface area contributed by atoms with Crippen molar-refractivity contribution in [1.29, 1.82) is 0 Å². The van der Waals surface area contributed by atoms with Gasteiger partial charge in [-0.25, -0.2) is 0 Å². The van der Waals surface area contributed by atoms with Crippen molar-refractivity contribution in [3.63, 3.8) is 0 Å². The topological polar surface area (TPSA) is 36.5 Å². The largest absolute Gasteiger partial charge is 0.369 e. The van der Waals surface area contributed by atoms with Crippen LogP contribution in [0.4, 0.5) is 0 Å². The summed E-state index contributed by atoms with van der Waals surface area (Å²) in [6.07, 6.45) is 0. The van der Waals surface area contributed by atoms with Gasteiger partial charge in [0.25, 0.3) is 0 Å². The van der Waals surface area contributed by atoms with Gasteiger partial charge in [0.15, 0.2) is 0 Å². The van der Waals surface area contributed by atoms with Crippen LogP contribution in [0.1, 0.15) is 0 Å². The minimum Gasteiger partial charge on any atom is -0.369 e. The van der Waals surface area contributed by atoms with Gasteiger partial charge in [0, 0.05) is 0 Å². The van der Waals surface area contributed by atoms with Gasteiger partial charge in [0.2, 0.25) is 0 Å². The van der Waals surface area contributed by atoms with Gasteiger partial charge in [-0.05, 0) is 0 Å². The smallest absolute Gasteiger partial charge is 0.369 e. The Morgan fingerprint density at radius 3 is 1.25 bits per heavy atom. The third-order valence-corrected chi connectivity index (χ3v) is 0. The van der Waals surface area contributed by atoms with Crippen LogP contribution in [0.5, 0.6) is 0 Å². The van der Waals surface area contributed by atoms with Crippen molar-refractivity contribution in [1.82, 2.24) is 6.15 Å². The zero-order valence-electron chi connectivity index (χ0n) is 2.88. The van der Waals surface area contributed by atoms with E-state index < -0.39 is 0 Å². The molecule has 0 amide bonds. The first kappa shape index (κ1) is 18.8. The predicted octanol–water partition coefficient (Wildman–Crippen LogP) is -2.42. The molecule has 4 heavy (non-hydrogen) atoms. The zero-order valence-corrected chi connectivity index (χ0v) is 7.32. The molecule has 0 bridgehead atoms. The first-order valence-corrected chi connectivity index (χ1v) is 3.35. The molecule has 0 fully saturated rings. The molecule has 27 valence electrons. The molecule has 0 rings (SSSR count). The van der Waals surface area contributed by atoms with E-state index in [1.165, 1.54) is 0 Å². The molecule has 3 radical (unpaired) electrons. The summed E-state index contributed by atoms with van der Waals surface area (Å²) < 4.78 is 0. The van der Waals surface area contributed by atoms with Gasteiger partial charge >= 0.3 is 27.5 Å². The minimum atomic E-state index is 0. The van der Waals surface area contributed by atoms with E-state index in [0.29, 0.717) is 0 Å². The van der Waals surface area contributed by atoms with Crippen molar-refractivity contribution in [2.24, 2.45) is 0 Å². The fourth-order valence-corrected chi connectivity index (χ4v) is 0. The van der Waals surface area contributed by atoms with Crippen LogP contribution < -0.4 is 23.1 Å². The van der Waals surface area contributed by atoms with Crippen molar-refractivity contribution >= 4 is 22.5 Å². The van der Waals surface area contributed by atoms with Crippen LogP contribution in [0.25, 0.3) is 0 Å². The van der Waals surface area contributed by atoms with Crippen LogP contribution >= 0.6 is 0 Å². The number of hydrogen-bond acceptors (Lipinski definition) is 0. The molecule has 0 aromatic rings. The SMILES string of the molecule is [Br-].[CH3][Sn].[NH4+]. The zero-order chi connectivity index (χ0) is 2.00. The average Bonchev–Trinajstić information content (AvgIpc) is 1.00. The monoisotopic (exact) mass is 232 g/mol. The number of quaternary nitrogens is 1. The Bertz CT molecular complexity index is 8.00. The molecule has 0 aromatic heterocycles. The van der Waals surface area contributed by atoms with Gasteiger partial charge in [-0.3, -0.25) is 0 Å². The Kier molecular flexibility index (Phi) is 136. The van der Waals surface area contributed by atoms with Crippen molar-refractivity contribution in [2.45, 2.75) is 4.94 Å². The maximum atomic E-state index is 2.09. The Labute approximate surface area is 50.6 Å². The van der Waals surface area contributed by atoms with Crippen molar-refractivity contribution in [2.75, 3.05) is 0 Å². The van der Waals surface area contributed by atoms with E-state index in [1.807, 2.05) is 0 Å². The molecule has 0 heterocycles. The molecule has 0 atom stereocenters. The van der Waals surface area contributed by atoms with E-state index in [9.17, 15) is 0 Å². The fourth-order valence-electron chi connectivity index (χ4n) is 0. The second-order valence-corrected chi connectivity index (χ2v) is 0. The Hall–Kier alpha value is 1.24. The standard InChI is InChI=1S/CH3.BrH.H3N.Sn/h1H3;1H;1H3;. The van der Waals surface area contributed by atoms with Gasteiger partial charge in [-0.2, -0.15) is 0 Å². The molecular weight excluding hydrogens is 225 g/mol. The van der Waals surface area contributed by atoms with Crippen LogP contribution in [0.2, 0.25) is 4.94 Å². The van der Waals surface area contributed by atoms with Crippen molar-refractivity contribution in [3.05, 3.63) is 0 Å². The molecule has 0 aliphatic rings. The van der Waals surface area contributed by atoms with E-state index >= 15 is 0 Å². The Balaban J connectivity index is -0.00000000500. The molecule has 0 saturated carbocycles. The molecule has 3 heteroatoms. The summed E-state index contributed by atoms with van der Waals surface area (Å²) in [7, 11) is 0.